The van der Waals surface area contributed by atoms with Gasteiger partial charge in [0.15, 0.2) is 5.89 Å². The van der Waals surface area contributed by atoms with Gasteiger partial charge in [0.2, 0.25) is 5.91 Å². The van der Waals surface area contributed by atoms with Gasteiger partial charge >= 0.3 is 0 Å². The maximum absolute atomic E-state index is 12.3. The smallest absolute Gasteiger partial charge is 0.250 e. The Hall–Kier alpha value is -2.89. The van der Waals surface area contributed by atoms with Crippen molar-refractivity contribution in [2.75, 3.05) is 4.90 Å². The number of hydrogen-bond donors (Lipinski definition) is 1. The Morgan fingerprint density at radius 1 is 1.38 bits per heavy atom. The van der Waals surface area contributed by atoms with Gasteiger partial charge < -0.3 is 15.1 Å². The Bertz CT molecular complexity index is 777. The quantitative estimate of drug-likeness (QED) is 0.791. The topological polar surface area (TPSA) is 89.4 Å². The minimum atomic E-state index is -0.455. The number of hydrogen-bond acceptors (Lipinski definition) is 4. The number of nitrogens with two attached hydrogens (primary N) is 1. The molecule has 6 heteroatoms. The largest absolute Gasteiger partial charge is 0.444 e. The van der Waals surface area contributed by atoms with Crippen molar-refractivity contribution in [1.29, 1.82) is 0 Å². The minimum Gasteiger partial charge on any atom is -0.444 e. The Morgan fingerprint density at radius 3 is 2.79 bits per heavy atom. The van der Waals surface area contributed by atoms with Gasteiger partial charge in [0.1, 0.15) is 5.76 Å². The van der Waals surface area contributed by atoms with E-state index in [0.717, 1.165) is 18.7 Å². The third-order valence-electron chi connectivity index (χ3n) is 3.90. The van der Waals surface area contributed by atoms with Gasteiger partial charge in [-0.05, 0) is 30.5 Å². The first kappa shape index (κ1) is 16.0. The van der Waals surface area contributed by atoms with Crippen molar-refractivity contribution in [3.63, 3.8) is 0 Å². The van der Waals surface area contributed by atoms with Crippen LogP contribution in [-0.2, 0) is 22.6 Å². The van der Waals surface area contributed by atoms with Gasteiger partial charge in [-0.25, -0.2) is 4.98 Å². The molecule has 0 spiro atoms. The van der Waals surface area contributed by atoms with E-state index in [9.17, 15) is 9.59 Å². The van der Waals surface area contributed by atoms with Crippen LogP contribution in [0.15, 0.2) is 47.5 Å². The monoisotopic (exact) mass is 325 g/mol. The molecule has 6 nitrogen and oxygen atoms in total. The van der Waals surface area contributed by atoms with Gasteiger partial charge in [0, 0.05) is 11.6 Å². The molecule has 0 unspecified atom stereocenters. The fraction of sp³-hybridized carbons (Fsp3) is 0.278. The maximum Gasteiger partial charge on any atom is 0.250 e. The predicted molar refractivity (Wildman–Crippen MR) is 89.2 cm³/mol. The van der Waals surface area contributed by atoms with Crippen molar-refractivity contribution in [1.82, 2.24) is 4.98 Å². The van der Waals surface area contributed by atoms with Crippen LogP contribution >= 0.6 is 0 Å². The summed E-state index contributed by atoms with van der Waals surface area (Å²) in [7, 11) is 0. The van der Waals surface area contributed by atoms with Crippen LogP contribution in [-0.4, -0.2) is 16.8 Å². The molecular formula is C18H19N3O3. The Labute approximate surface area is 140 Å². The predicted octanol–water partition coefficient (Wildman–Crippen LogP) is 2.30. The number of primary amides is 1. The molecule has 0 radical (unpaired) electrons. The second-order valence-corrected chi connectivity index (χ2v) is 5.84. The fourth-order valence-electron chi connectivity index (χ4n) is 2.57. The number of para-hydroxylation sites is 1. The highest BCUT2D eigenvalue weighted by atomic mass is 16.4. The van der Waals surface area contributed by atoms with Gasteiger partial charge in [-0.2, -0.15) is 0 Å². The van der Waals surface area contributed by atoms with Crippen LogP contribution in [0.5, 0.6) is 0 Å². The molecule has 24 heavy (non-hydrogen) atoms. The Balaban J connectivity index is 1.89. The van der Waals surface area contributed by atoms with Crippen LogP contribution in [0.4, 0.5) is 5.69 Å². The zero-order chi connectivity index (χ0) is 17.1. The van der Waals surface area contributed by atoms with Crippen LogP contribution in [0, 0.1) is 0 Å². The molecular weight excluding hydrogens is 306 g/mol. The summed E-state index contributed by atoms with van der Waals surface area (Å²) in [5.41, 5.74) is 6.61. The summed E-state index contributed by atoms with van der Waals surface area (Å²) in [6.07, 6.45) is 5.13. The lowest BCUT2D eigenvalue weighted by molar-refractivity contribution is -0.117. The lowest BCUT2D eigenvalue weighted by atomic mass is 10.1. The number of benzene rings is 1. The highest BCUT2D eigenvalue weighted by molar-refractivity contribution is 6.01. The third-order valence-corrected chi connectivity index (χ3v) is 3.90. The van der Waals surface area contributed by atoms with E-state index in [2.05, 4.69) is 11.6 Å². The first-order chi connectivity index (χ1) is 11.6. The van der Waals surface area contributed by atoms with Crippen molar-refractivity contribution in [2.24, 2.45) is 5.73 Å². The molecule has 1 aliphatic carbocycles. The van der Waals surface area contributed by atoms with E-state index in [0.29, 0.717) is 22.9 Å². The molecule has 1 saturated carbocycles. The molecule has 2 N–H and O–H groups in total. The standard InChI is InChI=1S/C18H19N3O3/c1-2-17(23)21(11-14-10-20-18(24-14)12-7-8-12)15-6-4-3-5-13(15)9-16(19)22/h2-6,10,12H,1,7-9,11H2,(H2,19,22). The summed E-state index contributed by atoms with van der Waals surface area (Å²) >= 11 is 0. The summed E-state index contributed by atoms with van der Waals surface area (Å²) in [5, 5.41) is 0. The number of oxazole rings is 1. The number of carbonyl (C=O) groups is 2. The normalized spacial score (nSPS) is 13.5. The average Bonchev–Trinajstić information content (AvgIpc) is 3.31. The van der Waals surface area contributed by atoms with Crippen LogP contribution in [0.1, 0.15) is 36.0 Å². The van der Waals surface area contributed by atoms with E-state index in [1.165, 1.54) is 11.0 Å². The van der Waals surface area contributed by atoms with E-state index in [1.807, 2.05) is 0 Å². The minimum absolute atomic E-state index is 0.0564. The molecule has 3 rings (SSSR count). The number of carbonyl (C=O) groups excluding carboxylic acids is 2. The van der Waals surface area contributed by atoms with Crippen molar-refractivity contribution in [2.45, 2.75) is 31.7 Å². The van der Waals surface area contributed by atoms with E-state index in [4.69, 9.17) is 10.2 Å². The number of anilines is 1. The maximum atomic E-state index is 12.3. The van der Waals surface area contributed by atoms with Crippen molar-refractivity contribution in [3.05, 3.63) is 60.3 Å². The summed E-state index contributed by atoms with van der Waals surface area (Å²) < 4.78 is 5.74. The summed E-state index contributed by atoms with van der Waals surface area (Å²) in [6.45, 7) is 3.78. The van der Waals surface area contributed by atoms with Crippen LogP contribution in [0.3, 0.4) is 0 Å². The lowest BCUT2D eigenvalue weighted by Gasteiger charge is -2.22. The number of aromatic nitrogens is 1. The van der Waals surface area contributed by atoms with Gasteiger partial charge in [0.05, 0.1) is 19.2 Å². The van der Waals surface area contributed by atoms with Crippen LogP contribution in [0.2, 0.25) is 0 Å². The molecule has 124 valence electrons. The van der Waals surface area contributed by atoms with Gasteiger partial charge in [0.25, 0.3) is 5.91 Å². The van der Waals surface area contributed by atoms with Crippen molar-refractivity contribution in [3.8, 4) is 0 Å². The lowest BCUT2D eigenvalue weighted by Crippen LogP contribution is -2.30. The first-order valence-corrected chi connectivity index (χ1v) is 7.83. The number of rotatable bonds is 7. The summed E-state index contributed by atoms with van der Waals surface area (Å²) in [6, 6.07) is 7.16. The van der Waals surface area contributed by atoms with E-state index in [1.54, 1.807) is 30.5 Å². The fourth-order valence-corrected chi connectivity index (χ4v) is 2.57. The second kappa shape index (κ2) is 6.70. The molecule has 1 aliphatic rings. The zero-order valence-corrected chi connectivity index (χ0v) is 13.3. The molecule has 0 saturated heterocycles. The summed E-state index contributed by atoms with van der Waals surface area (Å²) in [5.74, 6) is 0.993. The summed E-state index contributed by atoms with van der Waals surface area (Å²) in [4.78, 5) is 29.4. The van der Waals surface area contributed by atoms with E-state index < -0.39 is 5.91 Å². The van der Waals surface area contributed by atoms with Gasteiger partial charge in [-0.3, -0.25) is 9.59 Å². The average molecular weight is 325 g/mol. The van der Waals surface area contributed by atoms with Crippen LogP contribution < -0.4 is 10.6 Å². The molecule has 1 heterocycles. The Kier molecular flexibility index (Phi) is 4.46. The zero-order valence-electron chi connectivity index (χ0n) is 13.3. The highest BCUT2D eigenvalue weighted by Crippen LogP contribution is 2.39. The molecule has 1 fully saturated rings. The molecule has 1 aromatic carbocycles. The second-order valence-electron chi connectivity index (χ2n) is 5.84. The number of nitrogens with zero attached hydrogens (tertiary/aromatic N) is 2. The molecule has 0 aliphatic heterocycles. The molecule has 1 aromatic heterocycles. The van der Waals surface area contributed by atoms with Crippen LogP contribution in [0.25, 0.3) is 0 Å². The van der Waals surface area contributed by atoms with Gasteiger partial charge in [-0.15, -0.1) is 0 Å². The molecule has 0 atom stereocenters. The van der Waals surface area contributed by atoms with Crippen molar-refractivity contribution >= 4 is 17.5 Å². The van der Waals surface area contributed by atoms with E-state index >= 15 is 0 Å². The number of amides is 2. The van der Waals surface area contributed by atoms with Gasteiger partial charge in [-0.1, -0.05) is 24.8 Å². The molecule has 2 aromatic rings. The SMILES string of the molecule is C=CC(=O)N(Cc1cnc(C2CC2)o1)c1ccccc1CC(N)=O. The molecule has 2 amide bonds. The molecule has 0 bridgehead atoms. The highest BCUT2D eigenvalue weighted by Gasteiger charge is 2.29. The third kappa shape index (κ3) is 3.53. The first-order valence-electron chi connectivity index (χ1n) is 7.83. The van der Waals surface area contributed by atoms with E-state index in [-0.39, 0.29) is 18.9 Å². The van der Waals surface area contributed by atoms with Crippen molar-refractivity contribution < 1.29 is 14.0 Å². The Morgan fingerprint density at radius 2 is 2.12 bits per heavy atom.